The Morgan fingerprint density at radius 3 is 2.50 bits per heavy atom. The average molecular weight is 291 g/mol. The third-order valence-corrected chi connectivity index (χ3v) is 3.03. The molecule has 0 aliphatic carbocycles. The van der Waals surface area contributed by atoms with Crippen LogP contribution in [-0.2, 0) is 14.3 Å². The third kappa shape index (κ3) is 2.21. The molecule has 0 spiro atoms. The van der Waals surface area contributed by atoms with Crippen molar-refractivity contribution < 1.29 is 31.9 Å². The van der Waals surface area contributed by atoms with E-state index in [4.69, 9.17) is 0 Å². The predicted octanol–water partition coefficient (Wildman–Crippen LogP) is 1.77. The second-order valence-electron chi connectivity index (χ2n) is 4.25. The largest absolute Gasteiger partial charge is 0.469 e. The number of esters is 1. The second-order valence-corrected chi connectivity index (χ2v) is 4.25. The van der Waals surface area contributed by atoms with Crippen LogP contribution < -0.4 is 4.90 Å². The van der Waals surface area contributed by atoms with Gasteiger partial charge < -0.3 is 9.64 Å². The molecule has 2 rings (SSSR count). The van der Waals surface area contributed by atoms with Crippen LogP contribution in [0.5, 0.6) is 0 Å². The molecule has 1 aromatic carbocycles. The first-order valence-electron chi connectivity index (χ1n) is 5.58. The molecule has 1 aliphatic heterocycles. The number of carbonyl (C=O) groups is 2. The van der Waals surface area contributed by atoms with Gasteiger partial charge in [0.15, 0.2) is 23.3 Å². The molecule has 0 radical (unpaired) electrons. The standard InChI is InChI=1S/C12H9F4NO3/c1-20-12(19)5-2-8(18)17(4-5)7-3-6(13)9(14)11(16)10(7)15/h3,5H,2,4H2,1H3. The molecule has 0 saturated carbocycles. The van der Waals surface area contributed by atoms with E-state index in [-0.39, 0.29) is 13.0 Å². The number of methoxy groups -OCH3 is 1. The van der Waals surface area contributed by atoms with Crippen LogP contribution in [0.4, 0.5) is 23.2 Å². The van der Waals surface area contributed by atoms with Gasteiger partial charge in [-0.25, -0.2) is 17.6 Å². The van der Waals surface area contributed by atoms with Crippen LogP contribution in [-0.4, -0.2) is 25.5 Å². The van der Waals surface area contributed by atoms with Crippen LogP contribution in [0.25, 0.3) is 0 Å². The molecule has 0 bridgehead atoms. The van der Waals surface area contributed by atoms with Crippen molar-refractivity contribution in [3.8, 4) is 0 Å². The molecule has 0 aromatic heterocycles. The smallest absolute Gasteiger partial charge is 0.311 e. The summed E-state index contributed by atoms with van der Waals surface area (Å²) in [4.78, 5) is 23.7. The molecule has 0 N–H and O–H groups in total. The van der Waals surface area contributed by atoms with Gasteiger partial charge in [-0.1, -0.05) is 0 Å². The molecule has 108 valence electrons. The Bertz CT molecular complexity index is 591. The van der Waals surface area contributed by atoms with Crippen LogP contribution in [0.3, 0.4) is 0 Å². The number of carbonyl (C=O) groups excluding carboxylic acids is 2. The highest BCUT2D eigenvalue weighted by Gasteiger charge is 2.38. The van der Waals surface area contributed by atoms with Crippen molar-refractivity contribution in [2.45, 2.75) is 6.42 Å². The molecule has 1 fully saturated rings. The molecular formula is C12H9F4NO3. The highest BCUT2D eigenvalue weighted by molar-refractivity contribution is 5.99. The SMILES string of the molecule is COC(=O)C1CC(=O)N(c2cc(F)c(F)c(F)c2F)C1. The Balaban J connectivity index is 2.38. The highest BCUT2D eigenvalue weighted by atomic mass is 19.2. The third-order valence-electron chi connectivity index (χ3n) is 3.03. The number of nitrogens with zero attached hydrogens (tertiary/aromatic N) is 1. The van der Waals surface area contributed by atoms with E-state index in [2.05, 4.69) is 4.74 Å². The zero-order valence-electron chi connectivity index (χ0n) is 10.3. The van der Waals surface area contributed by atoms with Crippen molar-refractivity contribution >= 4 is 17.6 Å². The van der Waals surface area contributed by atoms with Crippen molar-refractivity contribution in [1.82, 2.24) is 0 Å². The molecule has 1 unspecified atom stereocenters. The van der Waals surface area contributed by atoms with Gasteiger partial charge in [0.25, 0.3) is 0 Å². The number of hydrogen-bond donors (Lipinski definition) is 0. The van der Waals surface area contributed by atoms with Crippen molar-refractivity contribution in [3.63, 3.8) is 0 Å². The summed E-state index contributed by atoms with van der Waals surface area (Å²) in [6.45, 7) is -0.285. The van der Waals surface area contributed by atoms with Crippen molar-refractivity contribution in [2.24, 2.45) is 5.92 Å². The summed E-state index contributed by atoms with van der Waals surface area (Å²) >= 11 is 0. The van der Waals surface area contributed by atoms with Gasteiger partial charge in [-0.15, -0.1) is 0 Å². The van der Waals surface area contributed by atoms with Crippen LogP contribution >= 0.6 is 0 Å². The molecule has 1 amide bonds. The number of anilines is 1. The van der Waals surface area contributed by atoms with E-state index in [1.807, 2.05) is 0 Å². The maximum absolute atomic E-state index is 13.6. The lowest BCUT2D eigenvalue weighted by Crippen LogP contribution is -2.27. The Morgan fingerprint density at radius 2 is 1.90 bits per heavy atom. The zero-order chi connectivity index (χ0) is 15.0. The lowest BCUT2D eigenvalue weighted by atomic mass is 10.1. The molecule has 1 aromatic rings. The lowest BCUT2D eigenvalue weighted by Gasteiger charge is -2.17. The number of benzene rings is 1. The highest BCUT2D eigenvalue weighted by Crippen LogP contribution is 2.31. The Kier molecular flexibility index (Phi) is 3.65. The normalized spacial score (nSPS) is 18.6. The molecule has 1 saturated heterocycles. The van der Waals surface area contributed by atoms with Crippen molar-refractivity contribution in [1.29, 1.82) is 0 Å². The van der Waals surface area contributed by atoms with E-state index in [1.54, 1.807) is 0 Å². The number of hydrogen-bond acceptors (Lipinski definition) is 3. The Morgan fingerprint density at radius 1 is 1.25 bits per heavy atom. The first-order valence-corrected chi connectivity index (χ1v) is 5.58. The van der Waals surface area contributed by atoms with Gasteiger partial charge in [-0.05, 0) is 0 Å². The summed E-state index contributed by atoms with van der Waals surface area (Å²) in [5.41, 5.74) is -0.738. The first kappa shape index (κ1) is 14.3. The number of amides is 1. The number of ether oxygens (including phenoxy) is 1. The van der Waals surface area contributed by atoms with Crippen LogP contribution in [0.15, 0.2) is 6.07 Å². The predicted molar refractivity (Wildman–Crippen MR) is 58.8 cm³/mol. The Labute approximate surface area is 110 Å². The maximum Gasteiger partial charge on any atom is 0.311 e. The minimum atomic E-state index is -2.01. The van der Waals surface area contributed by atoms with Crippen LogP contribution in [0.2, 0.25) is 0 Å². The maximum atomic E-state index is 13.6. The van der Waals surface area contributed by atoms with E-state index in [0.29, 0.717) is 11.0 Å². The van der Waals surface area contributed by atoms with Crippen molar-refractivity contribution in [2.75, 3.05) is 18.6 Å². The molecule has 8 heteroatoms. The molecular weight excluding hydrogens is 282 g/mol. The summed E-state index contributed by atoms with van der Waals surface area (Å²) in [5.74, 6) is -9.51. The van der Waals surface area contributed by atoms with Gasteiger partial charge >= 0.3 is 5.97 Å². The van der Waals surface area contributed by atoms with E-state index >= 15 is 0 Å². The van der Waals surface area contributed by atoms with Crippen LogP contribution in [0, 0.1) is 29.2 Å². The zero-order valence-corrected chi connectivity index (χ0v) is 10.3. The van der Waals surface area contributed by atoms with Gasteiger partial charge in [-0.3, -0.25) is 9.59 Å². The fraction of sp³-hybridized carbons (Fsp3) is 0.333. The summed E-state index contributed by atoms with van der Waals surface area (Å²) in [6, 6.07) is 0.380. The molecule has 20 heavy (non-hydrogen) atoms. The molecule has 1 heterocycles. The number of halogens is 4. The quantitative estimate of drug-likeness (QED) is 0.361. The first-order chi connectivity index (χ1) is 9.36. The summed E-state index contributed by atoms with van der Waals surface area (Å²) in [5, 5.41) is 0. The summed E-state index contributed by atoms with van der Waals surface area (Å²) < 4.78 is 57.1. The van der Waals surface area contributed by atoms with Gasteiger partial charge in [0.1, 0.15) is 0 Å². The summed E-state index contributed by atoms with van der Waals surface area (Å²) in [6.07, 6.45) is -0.271. The minimum Gasteiger partial charge on any atom is -0.469 e. The molecule has 1 atom stereocenters. The van der Waals surface area contributed by atoms with E-state index in [9.17, 15) is 27.2 Å². The Hall–Kier alpha value is -2.12. The topological polar surface area (TPSA) is 46.6 Å². The van der Waals surface area contributed by atoms with E-state index in [0.717, 1.165) is 7.11 Å². The lowest BCUT2D eigenvalue weighted by molar-refractivity contribution is -0.145. The van der Waals surface area contributed by atoms with Gasteiger partial charge in [-0.2, -0.15) is 0 Å². The fourth-order valence-electron chi connectivity index (χ4n) is 2.02. The van der Waals surface area contributed by atoms with Gasteiger partial charge in [0.05, 0.1) is 18.7 Å². The summed E-state index contributed by atoms with van der Waals surface area (Å²) in [7, 11) is 1.12. The van der Waals surface area contributed by atoms with Crippen LogP contribution in [0.1, 0.15) is 6.42 Å². The molecule has 1 aliphatic rings. The van der Waals surface area contributed by atoms with E-state index in [1.165, 1.54) is 0 Å². The number of rotatable bonds is 2. The molecule has 4 nitrogen and oxygen atoms in total. The second kappa shape index (κ2) is 5.10. The minimum absolute atomic E-state index is 0.271. The van der Waals surface area contributed by atoms with E-state index < -0.39 is 46.8 Å². The average Bonchev–Trinajstić information content (AvgIpc) is 2.81. The fourth-order valence-corrected chi connectivity index (χ4v) is 2.02. The monoisotopic (exact) mass is 291 g/mol. The van der Waals surface area contributed by atoms with Gasteiger partial charge in [0, 0.05) is 19.0 Å². The van der Waals surface area contributed by atoms with Crippen molar-refractivity contribution in [3.05, 3.63) is 29.3 Å². The van der Waals surface area contributed by atoms with Gasteiger partial charge in [0.2, 0.25) is 5.91 Å².